The number of fused-ring (bicyclic) bond motifs is 8. The summed E-state index contributed by atoms with van der Waals surface area (Å²) in [5, 5.41) is -6.39. The summed E-state index contributed by atoms with van der Waals surface area (Å²) in [4.78, 5) is 0. The molecule has 0 aliphatic carbocycles. The molecule has 0 fully saturated rings. The van der Waals surface area contributed by atoms with Crippen molar-refractivity contribution in [2.45, 2.75) is 0 Å². The first kappa shape index (κ1) is 7.91. The van der Waals surface area contributed by atoms with Crippen LogP contribution in [0.3, 0.4) is 0 Å². The first-order chi connectivity index (χ1) is 27.0. The van der Waals surface area contributed by atoms with Crippen LogP contribution in [0.4, 0.5) is 0 Å². The minimum absolute atomic E-state index is 0.485. The van der Waals surface area contributed by atoms with E-state index in [0.717, 1.165) is 0 Å². The molecule has 0 radical (unpaired) electrons. The van der Waals surface area contributed by atoms with Gasteiger partial charge in [-0.25, -0.2) is 0 Å². The minimum Gasteiger partial charge on any atom is -0.0616 e. The molecule has 0 saturated heterocycles. The molecule has 0 heterocycles. The Kier molecular flexibility index (Phi) is 1.63. The summed E-state index contributed by atoms with van der Waals surface area (Å²) in [5.74, 6) is 0. The fourth-order valence-corrected chi connectivity index (χ4v) is 4.53. The van der Waals surface area contributed by atoms with Crippen LogP contribution in [0.15, 0.2) is 133 Å². The maximum Gasteiger partial charge on any atom is 0.0636 e. The van der Waals surface area contributed by atoms with Gasteiger partial charge in [-0.15, -0.1) is 0 Å². The fraction of sp³-hybridized carbons (Fsp3) is 0. The summed E-state index contributed by atoms with van der Waals surface area (Å²) in [6, 6.07) is -17.7. The van der Waals surface area contributed by atoms with E-state index in [9.17, 15) is 8.22 Å². The van der Waals surface area contributed by atoms with Crippen LogP contribution in [-0.2, 0) is 0 Å². The lowest BCUT2D eigenvalue weighted by atomic mass is 9.86. The van der Waals surface area contributed by atoms with Gasteiger partial charge in [0, 0.05) is 0 Å². The van der Waals surface area contributed by atoms with Crippen molar-refractivity contribution in [1.82, 2.24) is 0 Å². The second kappa shape index (κ2) is 7.41. The van der Waals surface area contributed by atoms with E-state index < -0.39 is 209 Å². The van der Waals surface area contributed by atoms with Gasteiger partial charge in [-0.3, -0.25) is 0 Å². The first-order valence-electron chi connectivity index (χ1n) is 21.8. The van der Waals surface area contributed by atoms with Crippen LogP contribution in [0.2, 0.25) is 0 Å². The number of hydrogen-bond acceptors (Lipinski definition) is 0. The highest BCUT2D eigenvalue weighted by Gasteiger charge is 2.16. The van der Waals surface area contributed by atoms with Gasteiger partial charge >= 0.3 is 0 Å². The standard InChI is InChI=1S/C36H22/c1-2-11-25-20-33-27(19-24(25)10-1)22-35(31-16-8-7-15-30(31)33)36-29-14-6-4-12-26(29)21-34-28-13-5-3-9-23(28)17-18-32(34)36/h1-22H/i1D,2D,3D,4D,5D,6D,7D,8D,9D,10D,11D,12D,13D,14D,15D,16D,17D,18D,19D,20D,21D,22D. The average Bonchev–Trinajstić information content (AvgIpc) is 3.19. The summed E-state index contributed by atoms with van der Waals surface area (Å²) in [6.45, 7) is 0. The normalized spacial score (nSPS) is 20.4. The molecular weight excluding hydrogens is 432 g/mol. The third kappa shape index (κ3) is 2.76. The smallest absolute Gasteiger partial charge is 0.0616 e. The van der Waals surface area contributed by atoms with Crippen LogP contribution in [-0.4, -0.2) is 0 Å². The Morgan fingerprint density at radius 1 is 0.306 bits per heavy atom. The molecule has 0 nitrogen and oxygen atoms in total. The van der Waals surface area contributed by atoms with Crippen molar-refractivity contribution >= 4 is 64.6 Å². The zero-order valence-corrected chi connectivity index (χ0v) is 18.0. The van der Waals surface area contributed by atoms with Gasteiger partial charge in [0.25, 0.3) is 0 Å². The summed E-state index contributed by atoms with van der Waals surface area (Å²) in [5.41, 5.74) is -1.21. The highest BCUT2D eigenvalue weighted by Crippen LogP contribution is 2.44. The summed E-state index contributed by atoms with van der Waals surface area (Å²) < 4.78 is 195. The van der Waals surface area contributed by atoms with Crippen LogP contribution < -0.4 is 0 Å². The second-order valence-corrected chi connectivity index (χ2v) is 8.00. The van der Waals surface area contributed by atoms with E-state index in [2.05, 4.69) is 0 Å². The van der Waals surface area contributed by atoms with Crippen molar-refractivity contribution in [3.05, 3.63) is 133 Å². The van der Waals surface area contributed by atoms with Gasteiger partial charge in [-0.05, 0) is 99.9 Å². The zero-order chi connectivity index (χ0) is 42.8. The van der Waals surface area contributed by atoms with Crippen molar-refractivity contribution in [2.75, 3.05) is 0 Å². The monoisotopic (exact) mass is 476 g/mol. The molecule has 0 unspecified atom stereocenters. The molecule has 0 spiro atoms. The van der Waals surface area contributed by atoms with Crippen LogP contribution in [0.5, 0.6) is 0 Å². The Balaban J connectivity index is 1.87. The molecule has 0 heteroatoms. The van der Waals surface area contributed by atoms with Gasteiger partial charge in [0.15, 0.2) is 0 Å². The van der Waals surface area contributed by atoms with Crippen molar-refractivity contribution in [3.8, 4) is 11.1 Å². The maximum atomic E-state index is 9.82. The third-order valence-electron chi connectivity index (χ3n) is 6.06. The lowest BCUT2D eigenvalue weighted by Gasteiger charge is -2.17. The van der Waals surface area contributed by atoms with E-state index in [0.29, 0.717) is 0 Å². The molecule has 0 aromatic heterocycles. The Labute approximate surface area is 239 Å². The lowest BCUT2D eigenvalue weighted by Crippen LogP contribution is -1.90. The van der Waals surface area contributed by atoms with Gasteiger partial charge in [-0.1, -0.05) is 109 Å². The topological polar surface area (TPSA) is 0 Å². The molecule has 0 aliphatic rings. The van der Waals surface area contributed by atoms with Gasteiger partial charge in [0.1, 0.15) is 0 Å². The van der Waals surface area contributed by atoms with E-state index in [4.69, 9.17) is 21.9 Å². The van der Waals surface area contributed by atoms with Gasteiger partial charge in [0.2, 0.25) is 0 Å². The van der Waals surface area contributed by atoms with Crippen molar-refractivity contribution in [2.24, 2.45) is 0 Å². The predicted molar refractivity (Wildman–Crippen MR) is 157 cm³/mol. The molecule has 0 amide bonds. The molecule has 0 bridgehead atoms. The average molecular weight is 477 g/mol. The number of benzene rings is 8. The summed E-state index contributed by atoms with van der Waals surface area (Å²) in [6.07, 6.45) is 0. The van der Waals surface area contributed by atoms with Crippen molar-refractivity contribution < 1.29 is 30.2 Å². The van der Waals surface area contributed by atoms with Gasteiger partial charge in [-0.2, -0.15) is 0 Å². The molecule has 36 heavy (non-hydrogen) atoms. The van der Waals surface area contributed by atoms with Crippen LogP contribution in [0.25, 0.3) is 75.8 Å². The third-order valence-corrected chi connectivity index (χ3v) is 6.06. The quantitative estimate of drug-likeness (QED) is 0.163. The Morgan fingerprint density at radius 2 is 0.889 bits per heavy atom. The van der Waals surface area contributed by atoms with E-state index >= 15 is 0 Å². The lowest BCUT2D eigenvalue weighted by molar-refractivity contribution is 1.73. The van der Waals surface area contributed by atoms with Crippen molar-refractivity contribution in [1.29, 1.82) is 0 Å². The molecule has 8 aromatic rings. The maximum absolute atomic E-state index is 9.82. The fourth-order valence-electron chi connectivity index (χ4n) is 4.53. The van der Waals surface area contributed by atoms with E-state index in [1.54, 1.807) is 0 Å². The molecule has 0 aliphatic heterocycles. The Bertz CT molecular complexity index is 3350. The second-order valence-electron chi connectivity index (χ2n) is 8.00. The van der Waals surface area contributed by atoms with E-state index in [1.165, 1.54) is 0 Å². The van der Waals surface area contributed by atoms with Crippen LogP contribution in [0, 0.1) is 0 Å². The molecule has 8 rings (SSSR count). The van der Waals surface area contributed by atoms with Crippen LogP contribution >= 0.6 is 0 Å². The van der Waals surface area contributed by atoms with E-state index in [-0.39, 0.29) is 0 Å². The first-order valence-corrected chi connectivity index (χ1v) is 10.8. The highest BCUT2D eigenvalue weighted by molar-refractivity contribution is 6.25. The summed E-state index contributed by atoms with van der Waals surface area (Å²) >= 11 is 0. The molecular formula is C36H22. The zero-order valence-electron chi connectivity index (χ0n) is 40.0. The van der Waals surface area contributed by atoms with Crippen molar-refractivity contribution in [3.63, 3.8) is 0 Å². The number of hydrogen-bond donors (Lipinski definition) is 0. The van der Waals surface area contributed by atoms with Crippen LogP contribution in [0.1, 0.15) is 30.2 Å². The Hall–Kier alpha value is -4.68. The largest absolute Gasteiger partial charge is 0.0636 e. The van der Waals surface area contributed by atoms with Gasteiger partial charge < -0.3 is 0 Å². The molecule has 0 atom stereocenters. The SMILES string of the molecule is [2H]c1c([2H])c([2H])c2c([2H])c3c(c([2H])c(-c4c5c([2H])c([2H])c([2H])c([2H])c5c([2H])c5c4c([2H])c([2H])c4c([2H])c([2H])c([2H])c([2H])c45)c4c([2H])c([2H])c([2H])c([2H])c43)c([2H])c2c1[2H]. The summed E-state index contributed by atoms with van der Waals surface area (Å²) in [7, 11) is 0. The molecule has 8 aromatic carbocycles. The Morgan fingerprint density at radius 3 is 1.69 bits per heavy atom. The molecule has 0 N–H and O–H groups in total. The highest BCUT2D eigenvalue weighted by atomic mass is 14.2. The molecule has 0 saturated carbocycles. The minimum atomic E-state index is -0.877. The van der Waals surface area contributed by atoms with Gasteiger partial charge in [0.05, 0.1) is 30.2 Å². The molecule has 166 valence electrons. The number of rotatable bonds is 1. The van der Waals surface area contributed by atoms with E-state index in [1.807, 2.05) is 0 Å². The predicted octanol–water partition coefficient (Wildman–Crippen LogP) is 10.3.